The van der Waals surface area contributed by atoms with Gasteiger partial charge < -0.3 is 0 Å². The first-order chi connectivity index (χ1) is 10.3. The van der Waals surface area contributed by atoms with Crippen LogP contribution in [0.4, 0.5) is 0 Å². The fourth-order valence-electron chi connectivity index (χ4n) is 2.91. The third-order valence-corrected chi connectivity index (χ3v) is 4.35. The normalized spacial score (nSPS) is 11.2. The lowest BCUT2D eigenvalue weighted by Gasteiger charge is -2.05. The van der Waals surface area contributed by atoms with Gasteiger partial charge in [0.2, 0.25) is 0 Å². The van der Waals surface area contributed by atoms with Gasteiger partial charge in [0.25, 0.3) is 5.82 Å². The number of nitrogens with zero attached hydrogens (tertiary/aromatic N) is 2. The van der Waals surface area contributed by atoms with Crippen molar-refractivity contribution in [1.29, 1.82) is 0 Å². The van der Waals surface area contributed by atoms with E-state index in [0.717, 1.165) is 0 Å². The van der Waals surface area contributed by atoms with E-state index in [4.69, 9.17) is 0 Å². The quantitative estimate of drug-likeness (QED) is 0.346. The van der Waals surface area contributed by atoms with E-state index in [2.05, 4.69) is 42.3 Å². The van der Waals surface area contributed by atoms with E-state index in [1.54, 1.807) is 5.82 Å². The smallest absolute Gasteiger partial charge is 0.234 e. The molecule has 0 saturated carbocycles. The van der Waals surface area contributed by atoms with Gasteiger partial charge in [0.05, 0.1) is 13.1 Å². The topological polar surface area (TPSA) is 8.81 Å². The van der Waals surface area contributed by atoms with Crippen molar-refractivity contribution in [3.05, 3.63) is 18.2 Å². The highest BCUT2D eigenvalue weighted by atomic mass is 15.1. The molecule has 2 nitrogen and oxygen atoms in total. The maximum atomic E-state index is 2.51. The Morgan fingerprint density at radius 2 is 1.48 bits per heavy atom. The van der Waals surface area contributed by atoms with Crippen LogP contribution in [0.3, 0.4) is 0 Å². The second-order valence-corrected chi connectivity index (χ2v) is 6.33. The molecule has 1 rings (SSSR count). The lowest BCUT2D eigenvalue weighted by atomic mass is 10.1. The molecule has 1 heterocycles. The van der Waals surface area contributed by atoms with Crippen molar-refractivity contribution in [2.45, 2.75) is 104 Å². The first kappa shape index (κ1) is 18.3. The molecule has 1 aromatic heterocycles. The number of hydrogen-bond donors (Lipinski definition) is 0. The predicted octanol–water partition coefficient (Wildman–Crippen LogP) is 5.28. The zero-order valence-electron chi connectivity index (χ0n) is 14.7. The minimum atomic E-state index is 1.20. The third-order valence-electron chi connectivity index (χ3n) is 4.35. The molecule has 21 heavy (non-hydrogen) atoms. The molecule has 0 spiro atoms. The number of unbranched alkanes of at least 4 members (excludes halogenated alkanes) is 7. The highest BCUT2D eigenvalue weighted by molar-refractivity contribution is 4.84. The van der Waals surface area contributed by atoms with E-state index in [0.29, 0.717) is 0 Å². The van der Waals surface area contributed by atoms with Crippen molar-refractivity contribution in [3.8, 4) is 0 Å². The van der Waals surface area contributed by atoms with Crippen LogP contribution in [0.15, 0.2) is 12.4 Å². The van der Waals surface area contributed by atoms with Gasteiger partial charge in [-0.05, 0) is 19.3 Å². The average Bonchev–Trinajstić information content (AvgIpc) is 2.88. The fourth-order valence-corrected chi connectivity index (χ4v) is 2.91. The zero-order chi connectivity index (χ0) is 15.3. The standard InChI is InChI=1S/C19H37N2/c1-4-7-10-11-12-13-14-19-20(15-8-5-2)17-18-21(19)16-9-6-3/h17-18H,4-16H2,1-3H3/q+1. The van der Waals surface area contributed by atoms with Crippen molar-refractivity contribution in [1.82, 2.24) is 4.57 Å². The molecule has 0 unspecified atom stereocenters. The van der Waals surface area contributed by atoms with Gasteiger partial charge in [-0.1, -0.05) is 65.7 Å². The van der Waals surface area contributed by atoms with Crippen LogP contribution in [0.5, 0.6) is 0 Å². The van der Waals surface area contributed by atoms with Crippen LogP contribution in [0.25, 0.3) is 0 Å². The molecule has 0 bridgehead atoms. The van der Waals surface area contributed by atoms with Gasteiger partial charge in [-0.15, -0.1) is 0 Å². The Labute approximate surface area is 132 Å². The van der Waals surface area contributed by atoms with E-state index < -0.39 is 0 Å². The lowest BCUT2D eigenvalue weighted by molar-refractivity contribution is -0.704. The molecular weight excluding hydrogens is 256 g/mol. The highest BCUT2D eigenvalue weighted by Crippen LogP contribution is 2.09. The Morgan fingerprint density at radius 3 is 2.19 bits per heavy atom. The summed E-state index contributed by atoms with van der Waals surface area (Å²) in [6.07, 6.45) is 19.4. The summed E-state index contributed by atoms with van der Waals surface area (Å²) in [7, 11) is 0. The number of hydrogen-bond acceptors (Lipinski definition) is 0. The summed E-state index contributed by atoms with van der Waals surface area (Å²) in [5.41, 5.74) is 0. The molecule has 0 aliphatic rings. The number of aromatic nitrogens is 2. The summed E-state index contributed by atoms with van der Waals surface area (Å²) in [4.78, 5) is 0. The molecule has 0 saturated heterocycles. The van der Waals surface area contributed by atoms with E-state index in [9.17, 15) is 0 Å². The summed E-state index contributed by atoms with van der Waals surface area (Å²) in [6, 6.07) is 0. The van der Waals surface area contributed by atoms with Crippen molar-refractivity contribution in [2.24, 2.45) is 0 Å². The van der Waals surface area contributed by atoms with Gasteiger partial charge in [0.1, 0.15) is 12.4 Å². The molecule has 122 valence electrons. The Hall–Kier alpha value is -0.790. The van der Waals surface area contributed by atoms with Crippen LogP contribution in [0, 0.1) is 0 Å². The Bertz CT molecular complexity index is 329. The SMILES string of the molecule is CCCCCCCCc1n(CCCC)cc[n+]1CCCC. The van der Waals surface area contributed by atoms with Crippen LogP contribution >= 0.6 is 0 Å². The molecule has 0 fully saturated rings. The van der Waals surface area contributed by atoms with E-state index in [1.807, 2.05) is 0 Å². The molecular formula is C19H37N2+. The maximum Gasteiger partial charge on any atom is 0.256 e. The van der Waals surface area contributed by atoms with Crippen LogP contribution in [-0.2, 0) is 19.5 Å². The largest absolute Gasteiger partial charge is 0.256 e. The van der Waals surface area contributed by atoms with Crippen LogP contribution in [0.2, 0.25) is 0 Å². The van der Waals surface area contributed by atoms with Crippen LogP contribution in [0.1, 0.15) is 90.8 Å². The molecule has 0 aromatic carbocycles. The predicted molar refractivity (Wildman–Crippen MR) is 91.5 cm³/mol. The number of rotatable bonds is 13. The summed E-state index contributed by atoms with van der Waals surface area (Å²) in [5.74, 6) is 1.56. The number of aryl methyl sites for hydroxylation is 2. The van der Waals surface area contributed by atoms with Gasteiger partial charge in [-0.25, -0.2) is 9.13 Å². The van der Waals surface area contributed by atoms with Gasteiger partial charge >= 0.3 is 0 Å². The molecule has 0 N–H and O–H groups in total. The molecule has 2 heteroatoms. The molecule has 0 radical (unpaired) electrons. The third kappa shape index (κ3) is 7.15. The summed E-state index contributed by atoms with van der Waals surface area (Å²) < 4.78 is 5.01. The van der Waals surface area contributed by atoms with Crippen molar-refractivity contribution >= 4 is 0 Å². The molecule has 0 atom stereocenters. The van der Waals surface area contributed by atoms with Crippen molar-refractivity contribution < 1.29 is 4.57 Å². The summed E-state index contributed by atoms with van der Waals surface area (Å²) in [6.45, 7) is 9.24. The van der Waals surface area contributed by atoms with Gasteiger partial charge in [-0.2, -0.15) is 0 Å². The minimum Gasteiger partial charge on any atom is -0.234 e. The Morgan fingerprint density at radius 1 is 0.810 bits per heavy atom. The lowest BCUT2D eigenvalue weighted by Crippen LogP contribution is -2.37. The Balaban J connectivity index is 2.47. The number of imidazole rings is 1. The average molecular weight is 294 g/mol. The van der Waals surface area contributed by atoms with Crippen molar-refractivity contribution in [3.63, 3.8) is 0 Å². The molecule has 0 amide bonds. The molecule has 0 aliphatic carbocycles. The van der Waals surface area contributed by atoms with Gasteiger partial charge in [0.15, 0.2) is 0 Å². The summed E-state index contributed by atoms with van der Waals surface area (Å²) >= 11 is 0. The maximum absolute atomic E-state index is 2.51. The van der Waals surface area contributed by atoms with Crippen LogP contribution in [-0.4, -0.2) is 4.57 Å². The zero-order valence-corrected chi connectivity index (χ0v) is 14.7. The van der Waals surface area contributed by atoms with E-state index in [-0.39, 0.29) is 0 Å². The first-order valence-electron chi connectivity index (χ1n) is 9.40. The highest BCUT2D eigenvalue weighted by Gasteiger charge is 2.15. The Kier molecular flexibility index (Phi) is 10.3. The minimum absolute atomic E-state index is 1.20. The van der Waals surface area contributed by atoms with Crippen LogP contribution < -0.4 is 4.57 Å². The fraction of sp³-hybridized carbons (Fsp3) is 0.842. The van der Waals surface area contributed by atoms with E-state index >= 15 is 0 Å². The first-order valence-corrected chi connectivity index (χ1v) is 9.40. The molecule has 0 aliphatic heterocycles. The monoisotopic (exact) mass is 293 g/mol. The second kappa shape index (κ2) is 11.8. The van der Waals surface area contributed by atoms with Gasteiger partial charge in [0, 0.05) is 6.42 Å². The van der Waals surface area contributed by atoms with Gasteiger partial charge in [-0.3, -0.25) is 0 Å². The molecule has 1 aromatic rings. The second-order valence-electron chi connectivity index (χ2n) is 6.33. The van der Waals surface area contributed by atoms with Crippen molar-refractivity contribution in [2.75, 3.05) is 0 Å². The summed E-state index contributed by atoms with van der Waals surface area (Å²) in [5, 5.41) is 0. The van der Waals surface area contributed by atoms with E-state index in [1.165, 1.54) is 83.7 Å².